The van der Waals surface area contributed by atoms with Crippen LogP contribution < -0.4 is 24.3 Å². The molecule has 1 N–H and O–H groups in total. The van der Waals surface area contributed by atoms with E-state index in [-0.39, 0.29) is 46.3 Å². The van der Waals surface area contributed by atoms with Gasteiger partial charge < -0.3 is 33.8 Å². The second kappa shape index (κ2) is 19.3. The maximum atomic E-state index is 13.0. The Labute approximate surface area is 325 Å². The van der Waals surface area contributed by atoms with Crippen LogP contribution in [-0.2, 0) is 27.5 Å². The second-order valence-electron chi connectivity index (χ2n) is 12.5. The van der Waals surface area contributed by atoms with Crippen LogP contribution in [0, 0.1) is 5.92 Å². The molecule has 3 aromatic rings. The summed E-state index contributed by atoms with van der Waals surface area (Å²) in [5.74, 6) is 2.08. The number of likely N-dealkylation sites (tertiary alicyclic amines) is 1. The lowest BCUT2D eigenvalue weighted by atomic mass is 9.98. The van der Waals surface area contributed by atoms with Gasteiger partial charge in [0.15, 0.2) is 11.5 Å². The molecule has 6 rings (SSSR count). The van der Waals surface area contributed by atoms with Gasteiger partial charge in [0.25, 0.3) is 5.91 Å². The van der Waals surface area contributed by atoms with Crippen LogP contribution in [0.5, 0.6) is 23.0 Å². The molecule has 0 saturated carbocycles. The molecule has 3 aliphatic rings. The highest BCUT2D eigenvalue weighted by molar-refractivity contribution is 8.00. The normalized spacial score (nSPS) is 17.9. The Morgan fingerprint density at radius 1 is 0.925 bits per heavy atom. The molecule has 280 valence electrons. The molecule has 53 heavy (non-hydrogen) atoms. The van der Waals surface area contributed by atoms with Crippen molar-refractivity contribution in [2.24, 2.45) is 5.92 Å². The van der Waals surface area contributed by atoms with Crippen LogP contribution in [0.4, 0.5) is 0 Å². The average molecular weight is 783 g/mol. The number of carbonyl (C=O) groups is 3. The summed E-state index contributed by atoms with van der Waals surface area (Å²) in [6.45, 7) is 5.96. The van der Waals surface area contributed by atoms with Gasteiger partial charge in [-0.3, -0.25) is 14.5 Å². The molecule has 15 heteroatoms. The van der Waals surface area contributed by atoms with Crippen molar-refractivity contribution in [1.82, 2.24) is 15.1 Å². The van der Waals surface area contributed by atoms with Crippen LogP contribution in [0.1, 0.15) is 41.3 Å². The first-order chi connectivity index (χ1) is 25.7. The van der Waals surface area contributed by atoms with Crippen molar-refractivity contribution < 1.29 is 38.0 Å². The fourth-order valence-corrected chi connectivity index (χ4v) is 8.04. The number of halogens is 2. The zero-order valence-electron chi connectivity index (χ0n) is 29.9. The standard InChI is InChI=1S/C29H33ClN2O5.C9H9BClNO3S/c1-34-23-9-5-21(6-10-23)19-36-26-14-13-25(29(33)31-15-18-32-16-3-4-17-32)27(30)28(26)37-20-22-7-11-24(35-2)12-8-22;1-4-7(13)12-6(9(14)15-10)5(2-11)3-16-8(4)12/h5-14H,3-4,15-20H2,1-2H3,(H,31,33);4,8H,2-3H2,1H3/t;4-,8-/m.1/s1. The number of alkyl halides is 1. The molecule has 0 unspecified atom stereocenters. The smallest absolute Gasteiger partial charge is 0.378 e. The van der Waals surface area contributed by atoms with Crippen LogP contribution in [0.3, 0.4) is 0 Å². The van der Waals surface area contributed by atoms with Crippen LogP contribution in [0.15, 0.2) is 71.9 Å². The minimum Gasteiger partial charge on any atom is -0.539 e. The first-order valence-electron chi connectivity index (χ1n) is 17.2. The molecule has 0 aromatic heterocycles. The van der Waals surface area contributed by atoms with E-state index in [0.29, 0.717) is 41.5 Å². The summed E-state index contributed by atoms with van der Waals surface area (Å²) in [6.07, 6.45) is 2.43. The van der Waals surface area contributed by atoms with Crippen LogP contribution in [0.25, 0.3) is 0 Å². The number of nitrogens with one attached hydrogen (secondary N) is 1. The number of carbonyl (C=O) groups excluding carboxylic acids is 3. The molecular weight excluding hydrogens is 740 g/mol. The maximum Gasteiger partial charge on any atom is 0.378 e. The Bertz CT molecular complexity index is 1770. The van der Waals surface area contributed by atoms with Crippen molar-refractivity contribution in [3.8, 4) is 23.0 Å². The Kier molecular flexibility index (Phi) is 14.7. The number of thioether (sulfide) groups is 1. The predicted octanol–water partition coefficient (Wildman–Crippen LogP) is 6.00. The molecule has 11 nitrogen and oxygen atoms in total. The predicted molar refractivity (Wildman–Crippen MR) is 206 cm³/mol. The van der Waals surface area contributed by atoms with Crippen LogP contribution in [-0.4, -0.2) is 93.0 Å². The third kappa shape index (κ3) is 9.94. The summed E-state index contributed by atoms with van der Waals surface area (Å²) in [4.78, 5) is 39.9. The molecule has 2 atom stereocenters. The van der Waals surface area contributed by atoms with Gasteiger partial charge in [-0.15, -0.1) is 23.4 Å². The van der Waals surface area contributed by atoms with Gasteiger partial charge in [0, 0.05) is 24.7 Å². The third-order valence-corrected chi connectivity index (χ3v) is 11.3. The van der Waals surface area contributed by atoms with E-state index in [1.54, 1.807) is 38.1 Å². The summed E-state index contributed by atoms with van der Waals surface area (Å²) in [6, 6.07) is 18.6. The first kappa shape index (κ1) is 40.2. The van der Waals surface area contributed by atoms with Crippen LogP contribution >= 0.6 is 35.0 Å². The van der Waals surface area contributed by atoms with E-state index in [1.807, 2.05) is 55.5 Å². The lowest BCUT2D eigenvalue weighted by molar-refractivity contribution is -0.150. The zero-order valence-corrected chi connectivity index (χ0v) is 32.2. The minimum absolute atomic E-state index is 0.00793. The lowest BCUT2D eigenvalue weighted by Crippen LogP contribution is -2.60. The lowest BCUT2D eigenvalue weighted by Gasteiger charge is -2.48. The van der Waals surface area contributed by atoms with Gasteiger partial charge in [0.1, 0.15) is 30.4 Å². The van der Waals surface area contributed by atoms with E-state index in [2.05, 4.69) is 14.9 Å². The molecule has 3 aromatic carbocycles. The number of β-lactam (4-membered cyclic amide) rings is 1. The Morgan fingerprint density at radius 3 is 2.09 bits per heavy atom. The summed E-state index contributed by atoms with van der Waals surface area (Å²) >= 11 is 14.1. The Morgan fingerprint density at radius 2 is 1.53 bits per heavy atom. The van der Waals surface area contributed by atoms with Gasteiger partial charge in [-0.1, -0.05) is 42.8 Å². The number of hydrogen-bond donors (Lipinski definition) is 1. The Balaban J connectivity index is 0.000000281. The quantitative estimate of drug-likeness (QED) is 0.119. The van der Waals surface area contributed by atoms with Gasteiger partial charge in [0.2, 0.25) is 5.91 Å². The molecule has 0 aliphatic carbocycles. The van der Waals surface area contributed by atoms with Gasteiger partial charge in [-0.2, -0.15) is 0 Å². The molecule has 2 amide bonds. The van der Waals surface area contributed by atoms with E-state index >= 15 is 0 Å². The molecule has 3 aliphatic heterocycles. The summed E-state index contributed by atoms with van der Waals surface area (Å²) < 4.78 is 26.8. The van der Waals surface area contributed by atoms with Crippen molar-refractivity contribution in [2.75, 3.05) is 52.0 Å². The molecule has 2 fully saturated rings. The fraction of sp³-hybridized carbons (Fsp3) is 0.395. The van der Waals surface area contributed by atoms with Crippen LogP contribution in [0.2, 0.25) is 5.02 Å². The van der Waals surface area contributed by atoms with Crippen molar-refractivity contribution >= 4 is 60.8 Å². The van der Waals surface area contributed by atoms with Gasteiger partial charge in [0.05, 0.1) is 36.1 Å². The molecule has 0 bridgehead atoms. The van der Waals surface area contributed by atoms with E-state index in [1.165, 1.54) is 17.7 Å². The number of hydrogen-bond acceptors (Lipinski definition) is 10. The number of benzene rings is 3. The summed E-state index contributed by atoms with van der Waals surface area (Å²) in [5.41, 5.74) is 3.16. The fourth-order valence-electron chi connectivity index (χ4n) is 6.04. The van der Waals surface area contributed by atoms with Gasteiger partial charge >= 0.3 is 14.0 Å². The summed E-state index contributed by atoms with van der Waals surface area (Å²) in [7, 11) is 8.11. The largest absolute Gasteiger partial charge is 0.539 e. The van der Waals surface area contributed by atoms with E-state index < -0.39 is 5.97 Å². The third-order valence-electron chi connectivity index (χ3n) is 9.09. The number of nitrogens with zero attached hydrogens (tertiary/aromatic N) is 2. The first-order valence-corrected chi connectivity index (χ1v) is 19.1. The van der Waals surface area contributed by atoms with Gasteiger partial charge in [-0.25, -0.2) is 4.79 Å². The number of methoxy groups -OCH3 is 2. The van der Waals surface area contributed by atoms with Crippen molar-refractivity contribution in [3.63, 3.8) is 0 Å². The number of ether oxygens (including phenoxy) is 4. The van der Waals surface area contributed by atoms with E-state index in [9.17, 15) is 14.4 Å². The van der Waals surface area contributed by atoms with E-state index in [4.69, 9.17) is 50.2 Å². The second-order valence-corrected chi connectivity index (χ2v) is 14.3. The maximum absolute atomic E-state index is 13.0. The monoisotopic (exact) mass is 781 g/mol. The van der Waals surface area contributed by atoms with Crippen molar-refractivity contribution in [1.29, 1.82) is 0 Å². The van der Waals surface area contributed by atoms with Crippen molar-refractivity contribution in [3.05, 3.63) is 93.6 Å². The highest BCUT2D eigenvalue weighted by Crippen LogP contribution is 2.44. The average Bonchev–Trinajstić information content (AvgIpc) is 3.72. The highest BCUT2D eigenvalue weighted by Gasteiger charge is 2.51. The van der Waals surface area contributed by atoms with E-state index in [0.717, 1.165) is 42.3 Å². The summed E-state index contributed by atoms with van der Waals surface area (Å²) in [5, 5.41) is 3.21. The van der Waals surface area contributed by atoms with Gasteiger partial charge in [-0.05, 0) is 79.0 Å². The highest BCUT2D eigenvalue weighted by atomic mass is 35.5. The molecule has 2 radical (unpaired) electrons. The molecule has 2 saturated heterocycles. The number of fused-ring (bicyclic) bond motifs is 1. The minimum atomic E-state index is -0.693. The topological polar surface area (TPSA) is 116 Å². The SMILES string of the molecule is COc1ccc(COc2ccc(C(=O)NCCN3CCCC3)c(Cl)c2OCc2ccc(OC)cc2)cc1.[B]OC(=O)C1=C(CCl)CS[C@@H]2[C@H](C)C(=O)N12. The molecular formula is C38H42BCl2N3O8S. The van der Waals surface area contributed by atoms with Crippen molar-refractivity contribution in [2.45, 2.75) is 38.4 Å². The Hall–Kier alpha value is -4.04. The molecule has 0 spiro atoms. The zero-order chi connectivity index (χ0) is 37.9. The number of amides is 2. The molecule has 3 heterocycles. The number of rotatable bonds is 14.